The number of hydrogen-bond donors (Lipinski definition) is 2. The van der Waals surface area contributed by atoms with Gasteiger partial charge in [-0.25, -0.2) is 0 Å². The van der Waals surface area contributed by atoms with Gasteiger partial charge in [0, 0.05) is 45.1 Å². The van der Waals surface area contributed by atoms with Crippen LogP contribution in [0.1, 0.15) is 45.2 Å². The van der Waals surface area contributed by atoms with E-state index in [1.807, 2.05) is 12.4 Å². The van der Waals surface area contributed by atoms with E-state index in [0.717, 1.165) is 63.5 Å². The van der Waals surface area contributed by atoms with Crippen LogP contribution in [0.15, 0.2) is 42.7 Å². The van der Waals surface area contributed by atoms with Gasteiger partial charge in [-0.05, 0) is 73.7 Å². The van der Waals surface area contributed by atoms with Crippen LogP contribution in [0.3, 0.4) is 0 Å². The average molecular weight is 426 g/mol. The lowest BCUT2D eigenvalue weighted by Gasteiger charge is -2.26. The van der Waals surface area contributed by atoms with Gasteiger partial charge in [0.25, 0.3) is 0 Å². The van der Waals surface area contributed by atoms with E-state index in [4.69, 9.17) is 5.73 Å². The van der Waals surface area contributed by atoms with Crippen molar-refractivity contribution in [1.29, 1.82) is 0 Å². The third-order valence-corrected chi connectivity index (χ3v) is 5.33. The van der Waals surface area contributed by atoms with Crippen LogP contribution in [0.4, 0.5) is 11.4 Å². The highest BCUT2D eigenvalue weighted by Gasteiger charge is 2.11. The van der Waals surface area contributed by atoms with Gasteiger partial charge in [0.05, 0.1) is 11.4 Å². The predicted molar refractivity (Wildman–Crippen MR) is 134 cm³/mol. The summed E-state index contributed by atoms with van der Waals surface area (Å²) < 4.78 is 0. The SMILES string of the molecule is CC(C)CN(Cc1ccc(NCCCN(C)CCc2ccncc2)c(N)c1)CC(C)C. The summed E-state index contributed by atoms with van der Waals surface area (Å²) in [6.07, 6.45) is 5.87. The Morgan fingerprint density at radius 2 is 1.61 bits per heavy atom. The summed E-state index contributed by atoms with van der Waals surface area (Å²) in [6, 6.07) is 10.7. The molecule has 2 aromatic rings. The van der Waals surface area contributed by atoms with Crippen molar-refractivity contribution in [3.05, 3.63) is 53.9 Å². The number of benzene rings is 1. The number of pyridine rings is 1. The molecule has 0 aliphatic rings. The van der Waals surface area contributed by atoms with Crippen molar-refractivity contribution < 1.29 is 0 Å². The van der Waals surface area contributed by atoms with Crippen LogP contribution < -0.4 is 11.1 Å². The minimum atomic E-state index is 0.667. The van der Waals surface area contributed by atoms with Crippen LogP contribution >= 0.6 is 0 Å². The zero-order valence-electron chi connectivity index (χ0n) is 20.3. The standard InChI is InChI=1S/C26H43N5/c1-21(2)18-31(19-22(3)4)20-24-7-8-26(25(27)17-24)29-12-6-15-30(5)16-11-23-9-13-28-14-10-23/h7-10,13-14,17,21-22,29H,6,11-12,15-16,18-20,27H2,1-5H3. The van der Waals surface area contributed by atoms with E-state index in [9.17, 15) is 0 Å². The van der Waals surface area contributed by atoms with E-state index in [-0.39, 0.29) is 0 Å². The van der Waals surface area contributed by atoms with Gasteiger partial charge in [-0.15, -0.1) is 0 Å². The third-order valence-electron chi connectivity index (χ3n) is 5.33. The lowest BCUT2D eigenvalue weighted by Crippen LogP contribution is -2.31. The average Bonchev–Trinajstić information content (AvgIpc) is 2.70. The summed E-state index contributed by atoms with van der Waals surface area (Å²) in [7, 11) is 2.18. The highest BCUT2D eigenvalue weighted by Crippen LogP contribution is 2.21. The van der Waals surface area contributed by atoms with Gasteiger partial charge in [0.1, 0.15) is 0 Å². The molecule has 0 bridgehead atoms. The van der Waals surface area contributed by atoms with Crippen molar-refractivity contribution in [2.24, 2.45) is 11.8 Å². The minimum Gasteiger partial charge on any atom is -0.397 e. The van der Waals surface area contributed by atoms with Gasteiger partial charge in [-0.2, -0.15) is 0 Å². The summed E-state index contributed by atoms with van der Waals surface area (Å²) >= 11 is 0. The lowest BCUT2D eigenvalue weighted by molar-refractivity contribution is 0.211. The summed E-state index contributed by atoms with van der Waals surface area (Å²) in [4.78, 5) is 9.00. The van der Waals surface area contributed by atoms with Crippen LogP contribution in [-0.4, -0.2) is 54.6 Å². The number of anilines is 2. The Balaban J connectivity index is 1.74. The maximum absolute atomic E-state index is 6.36. The first kappa shape index (κ1) is 25.2. The number of nitrogens with zero attached hydrogens (tertiary/aromatic N) is 3. The number of rotatable bonds is 14. The Labute approximate surface area is 190 Å². The monoisotopic (exact) mass is 425 g/mol. The van der Waals surface area contributed by atoms with Crippen molar-refractivity contribution in [1.82, 2.24) is 14.8 Å². The molecule has 0 amide bonds. The second-order valence-corrected chi connectivity index (χ2v) is 9.59. The van der Waals surface area contributed by atoms with E-state index in [1.165, 1.54) is 11.1 Å². The number of likely N-dealkylation sites (N-methyl/N-ethyl adjacent to an activating group) is 1. The predicted octanol–water partition coefficient (Wildman–Crippen LogP) is 4.75. The highest BCUT2D eigenvalue weighted by molar-refractivity contribution is 5.66. The quantitative estimate of drug-likeness (QED) is 0.338. The minimum absolute atomic E-state index is 0.667. The molecule has 5 nitrogen and oxygen atoms in total. The normalized spacial score (nSPS) is 11.8. The molecule has 2 rings (SSSR count). The Kier molecular flexibility index (Phi) is 10.8. The molecule has 0 radical (unpaired) electrons. The molecule has 1 aromatic carbocycles. The molecule has 31 heavy (non-hydrogen) atoms. The molecule has 0 saturated carbocycles. The molecule has 3 N–H and O–H groups in total. The second kappa shape index (κ2) is 13.3. The maximum atomic E-state index is 6.36. The maximum Gasteiger partial charge on any atom is 0.0574 e. The Morgan fingerprint density at radius 1 is 0.935 bits per heavy atom. The molecule has 0 atom stereocenters. The summed E-state index contributed by atoms with van der Waals surface area (Å²) in [5, 5.41) is 3.51. The van der Waals surface area contributed by atoms with Crippen LogP contribution in [0.2, 0.25) is 0 Å². The molecule has 172 valence electrons. The number of aromatic nitrogens is 1. The van der Waals surface area contributed by atoms with Crippen LogP contribution in [0.25, 0.3) is 0 Å². The zero-order chi connectivity index (χ0) is 22.6. The van der Waals surface area contributed by atoms with Crippen molar-refractivity contribution in [2.45, 2.75) is 47.1 Å². The summed E-state index contributed by atoms with van der Waals surface area (Å²) in [5.74, 6) is 1.33. The van der Waals surface area contributed by atoms with Crippen molar-refractivity contribution in [2.75, 3.05) is 50.8 Å². The molecular weight excluding hydrogens is 382 g/mol. The van der Waals surface area contributed by atoms with Crippen molar-refractivity contribution in [3.63, 3.8) is 0 Å². The highest BCUT2D eigenvalue weighted by atomic mass is 15.1. The molecule has 0 aliphatic heterocycles. The number of hydrogen-bond acceptors (Lipinski definition) is 5. The number of nitrogen functional groups attached to an aromatic ring is 1. The molecule has 1 heterocycles. The molecule has 0 aliphatic carbocycles. The van der Waals surface area contributed by atoms with Crippen molar-refractivity contribution in [3.8, 4) is 0 Å². The molecule has 0 unspecified atom stereocenters. The fraction of sp³-hybridized carbons (Fsp3) is 0.577. The fourth-order valence-corrected chi connectivity index (χ4v) is 3.92. The van der Waals surface area contributed by atoms with Gasteiger partial charge in [0.2, 0.25) is 0 Å². The van der Waals surface area contributed by atoms with Gasteiger partial charge < -0.3 is 16.0 Å². The Bertz CT molecular complexity index is 735. The first-order chi connectivity index (χ1) is 14.8. The summed E-state index contributed by atoms with van der Waals surface area (Å²) in [5.41, 5.74) is 10.9. The molecule has 5 heteroatoms. The van der Waals surface area contributed by atoms with Crippen molar-refractivity contribution >= 4 is 11.4 Å². The van der Waals surface area contributed by atoms with E-state index in [0.29, 0.717) is 11.8 Å². The van der Waals surface area contributed by atoms with Crippen LogP contribution in [0.5, 0.6) is 0 Å². The van der Waals surface area contributed by atoms with Gasteiger partial charge in [-0.3, -0.25) is 9.88 Å². The zero-order valence-corrected chi connectivity index (χ0v) is 20.3. The Hall–Kier alpha value is -2.11. The molecule has 0 saturated heterocycles. The molecule has 0 fully saturated rings. The van der Waals surface area contributed by atoms with E-state index in [2.05, 4.69) is 85.2 Å². The van der Waals surface area contributed by atoms with Crippen LogP contribution in [-0.2, 0) is 13.0 Å². The topological polar surface area (TPSA) is 57.4 Å². The van der Waals surface area contributed by atoms with Gasteiger partial charge in [0.15, 0.2) is 0 Å². The van der Waals surface area contributed by atoms with E-state index in [1.54, 1.807) is 0 Å². The second-order valence-electron chi connectivity index (χ2n) is 9.59. The van der Waals surface area contributed by atoms with E-state index >= 15 is 0 Å². The lowest BCUT2D eigenvalue weighted by atomic mass is 10.1. The third kappa shape index (κ3) is 10.2. The molecular formula is C26H43N5. The first-order valence-corrected chi connectivity index (χ1v) is 11.8. The van der Waals surface area contributed by atoms with Gasteiger partial charge >= 0.3 is 0 Å². The Morgan fingerprint density at radius 3 is 2.23 bits per heavy atom. The summed E-state index contributed by atoms with van der Waals surface area (Å²) in [6.45, 7) is 15.4. The number of nitrogens with one attached hydrogen (secondary N) is 1. The number of nitrogens with two attached hydrogens (primary N) is 1. The largest absolute Gasteiger partial charge is 0.397 e. The molecule has 0 spiro atoms. The van der Waals surface area contributed by atoms with Gasteiger partial charge in [-0.1, -0.05) is 33.8 Å². The van der Waals surface area contributed by atoms with E-state index < -0.39 is 0 Å². The first-order valence-electron chi connectivity index (χ1n) is 11.8. The molecule has 1 aromatic heterocycles. The fourth-order valence-electron chi connectivity index (χ4n) is 3.92. The smallest absolute Gasteiger partial charge is 0.0574 e. The van der Waals surface area contributed by atoms with Crippen LogP contribution in [0, 0.1) is 11.8 Å².